The van der Waals surface area contributed by atoms with Crippen molar-refractivity contribution in [2.24, 2.45) is 0 Å². The summed E-state index contributed by atoms with van der Waals surface area (Å²) in [5.41, 5.74) is 1.41. The first-order chi connectivity index (χ1) is 12.6. The smallest absolute Gasteiger partial charge is 0.251 e. The zero-order valence-electron chi connectivity index (χ0n) is 14.6. The van der Waals surface area contributed by atoms with Crippen LogP contribution in [0.1, 0.15) is 35.7 Å². The minimum atomic E-state index is -0.368. The van der Waals surface area contributed by atoms with E-state index in [0.29, 0.717) is 29.2 Å². The molecule has 0 spiro atoms. The van der Waals surface area contributed by atoms with E-state index in [1.165, 1.54) is 0 Å². The van der Waals surface area contributed by atoms with Crippen molar-refractivity contribution in [1.29, 1.82) is 5.26 Å². The number of nitrogens with one attached hydrogen (secondary N) is 2. The van der Waals surface area contributed by atoms with E-state index >= 15 is 0 Å². The van der Waals surface area contributed by atoms with E-state index in [1.54, 1.807) is 48.5 Å². The number of hydrogen-bond acceptors (Lipinski definition) is 4. The van der Waals surface area contributed by atoms with Gasteiger partial charge in [-0.3, -0.25) is 9.59 Å². The van der Waals surface area contributed by atoms with Gasteiger partial charge in [0, 0.05) is 11.3 Å². The second-order valence-electron chi connectivity index (χ2n) is 5.65. The van der Waals surface area contributed by atoms with Crippen molar-refractivity contribution in [3.8, 4) is 11.8 Å². The van der Waals surface area contributed by atoms with Crippen LogP contribution in [0.3, 0.4) is 0 Å². The van der Waals surface area contributed by atoms with Gasteiger partial charge in [-0.25, -0.2) is 0 Å². The summed E-state index contributed by atoms with van der Waals surface area (Å²) >= 11 is 0. The average Bonchev–Trinajstić information content (AvgIpc) is 2.67. The summed E-state index contributed by atoms with van der Waals surface area (Å²) in [5.74, 6) is 0.00381. The van der Waals surface area contributed by atoms with Crippen LogP contribution in [-0.4, -0.2) is 25.0 Å². The molecule has 0 atom stereocenters. The molecule has 0 heterocycles. The lowest BCUT2D eigenvalue weighted by atomic mass is 10.2. The first-order valence-electron chi connectivity index (χ1n) is 8.43. The van der Waals surface area contributed by atoms with Crippen molar-refractivity contribution >= 4 is 17.5 Å². The largest absolute Gasteiger partial charge is 0.494 e. The van der Waals surface area contributed by atoms with Gasteiger partial charge in [0.15, 0.2) is 0 Å². The number of nitriles is 1. The number of benzene rings is 2. The molecule has 2 rings (SSSR count). The normalized spacial score (nSPS) is 9.85. The Morgan fingerprint density at radius 3 is 2.62 bits per heavy atom. The number of amides is 2. The molecule has 0 fully saturated rings. The van der Waals surface area contributed by atoms with Gasteiger partial charge < -0.3 is 15.4 Å². The highest BCUT2D eigenvalue weighted by Gasteiger charge is 2.09. The van der Waals surface area contributed by atoms with Gasteiger partial charge in [-0.1, -0.05) is 19.4 Å². The molecule has 0 aromatic heterocycles. The molecule has 0 radical (unpaired) electrons. The zero-order chi connectivity index (χ0) is 18.8. The molecule has 6 nitrogen and oxygen atoms in total. The van der Waals surface area contributed by atoms with Crippen molar-refractivity contribution in [3.05, 3.63) is 59.7 Å². The Labute approximate surface area is 152 Å². The number of carbonyl (C=O) groups is 2. The van der Waals surface area contributed by atoms with Crippen LogP contribution in [0, 0.1) is 11.3 Å². The van der Waals surface area contributed by atoms with E-state index in [0.717, 1.165) is 12.8 Å². The Balaban J connectivity index is 1.82. The van der Waals surface area contributed by atoms with Crippen LogP contribution >= 0.6 is 0 Å². The zero-order valence-corrected chi connectivity index (χ0v) is 14.6. The van der Waals surface area contributed by atoms with E-state index in [9.17, 15) is 9.59 Å². The maximum Gasteiger partial charge on any atom is 0.251 e. The van der Waals surface area contributed by atoms with Crippen molar-refractivity contribution in [2.45, 2.75) is 19.8 Å². The van der Waals surface area contributed by atoms with Crippen molar-refractivity contribution in [1.82, 2.24) is 5.32 Å². The third-order valence-electron chi connectivity index (χ3n) is 3.57. The number of carbonyl (C=O) groups excluding carboxylic acids is 2. The Kier molecular flexibility index (Phi) is 7.19. The number of rotatable bonds is 8. The molecule has 0 unspecified atom stereocenters. The van der Waals surface area contributed by atoms with Crippen LogP contribution in [0.2, 0.25) is 0 Å². The molecule has 134 valence electrons. The summed E-state index contributed by atoms with van der Waals surface area (Å²) in [7, 11) is 0. The molecule has 0 aliphatic rings. The molecule has 2 aromatic carbocycles. The average molecular weight is 351 g/mol. The van der Waals surface area contributed by atoms with Gasteiger partial charge >= 0.3 is 0 Å². The van der Waals surface area contributed by atoms with Crippen LogP contribution in [0.25, 0.3) is 0 Å². The Morgan fingerprint density at radius 2 is 1.92 bits per heavy atom. The van der Waals surface area contributed by atoms with Crippen LogP contribution < -0.4 is 15.4 Å². The van der Waals surface area contributed by atoms with Crippen molar-refractivity contribution in [2.75, 3.05) is 18.5 Å². The maximum atomic E-state index is 12.1. The number of ether oxygens (including phenoxy) is 1. The molecule has 0 aliphatic carbocycles. The van der Waals surface area contributed by atoms with Gasteiger partial charge in [-0.2, -0.15) is 5.26 Å². The highest BCUT2D eigenvalue weighted by atomic mass is 16.5. The minimum absolute atomic E-state index is 0.162. The van der Waals surface area contributed by atoms with Crippen molar-refractivity contribution in [3.63, 3.8) is 0 Å². The molecule has 0 saturated heterocycles. The second-order valence-corrected chi connectivity index (χ2v) is 5.65. The van der Waals surface area contributed by atoms with Crippen LogP contribution in [0.5, 0.6) is 5.75 Å². The van der Waals surface area contributed by atoms with Crippen LogP contribution in [0.4, 0.5) is 5.69 Å². The van der Waals surface area contributed by atoms with E-state index in [2.05, 4.69) is 17.6 Å². The third-order valence-corrected chi connectivity index (χ3v) is 3.57. The van der Waals surface area contributed by atoms with E-state index in [4.69, 9.17) is 10.00 Å². The monoisotopic (exact) mass is 351 g/mol. The Hall–Kier alpha value is -3.33. The molecule has 0 aliphatic heterocycles. The lowest BCUT2D eigenvalue weighted by Crippen LogP contribution is -2.32. The molecule has 2 aromatic rings. The lowest BCUT2D eigenvalue weighted by molar-refractivity contribution is -0.115. The molecular weight excluding hydrogens is 330 g/mol. The quantitative estimate of drug-likeness (QED) is 0.715. The number of unbranched alkanes of at least 4 members (excludes halogenated alkanes) is 1. The summed E-state index contributed by atoms with van der Waals surface area (Å²) in [6, 6.07) is 15.4. The predicted molar refractivity (Wildman–Crippen MR) is 99.0 cm³/mol. The minimum Gasteiger partial charge on any atom is -0.494 e. The van der Waals surface area contributed by atoms with Gasteiger partial charge in [-0.15, -0.1) is 0 Å². The van der Waals surface area contributed by atoms with Gasteiger partial charge in [-0.05, 0) is 48.9 Å². The molecule has 2 N–H and O–H groups in total. The highest BCUT2D eigenvalue weighted by molar-refractivity contribution is 5.99. The first-order valence-corrected chi connectivity index (χ1v) is 8.43. The van der Waals surface area contributed by atoms with Gasteiger partial charge in [0.25, 0.3) is 5.91 Å². The third kappa shape index (κ3) is 5.95. The van der Waals surface area contributed by atoms with E-state index in [1.807, 2.05) is 6.07 Å². The molecular formula is C20H21N3O3. The number of anilines is 1. The molecule has 0 bridgehead atoms. The summed E-state index contributed by atoms with van der Waals surface area (Å²) < 4.78 is 5.55. The summed E-state index contributed by atoms with van der Waals surface area (Å²) in [4.78, 5) is 24.0. The standard InChI is InChI=1S/C20H21N3O3/c1-2-3-11-26-18-9-7-16(8-10-18)20(25)22-14-19(24)23-17-6-4-5-15(12-17)13-21/h4-10,12H,2-3,11,14H2,1H3,(H,22,25)(H,23,24). The number of hydrogen-bond donors (Lipinski definition) is 2. The Bertz CT molecular complexity index is 795. The molecule has 26 heavy (non-hydrogen) atoms. The summed E-state index contributed by atoms with van der Waals surface area (Å²) in [5, 5.41) is 14.0. The van der Waals surface area contributed by atoms with Gasteiger partial charge in [0.05, 0.1) is 24.8 Å². The SMILES string of the molecule is CCCCOc1ccc(C(=O)NCC(=O)Nc2cccc(C#N)c2)cc1. The van der Waals surface area contributed by atoms with E-state index in [-0.39, 0.29) is 18.4 Å². The van der Waals surface area contributed by atoms with Crippen LogP contribution in [-0.2, 0) is 4.79 Å². The van der Waals surface area contributed by atoms with E-state index < -0.39 is 0 Å². The molecule has 2 amide bonds. The molecule has 6 heteroatoms. The topological polar surface area (TPSA) is 91.2 Å². The maximum absolute atomic E-state index is 12.1. The fourth-order valence-electron chi connectivity index (χ4n) is 2.17. The first kappa shape index (κ1) is 19.0. The number of nitrogens with zero attached hydrogens (tertiary/aromatic N) is 1. The fraction of sp³-hybridized carbons (Fsp3) is 0.250. The molecule has 0 saturated carbocycles. The Morgan fingerprint density at radius 1 is 1.15 bits per heavy atom. The van der Waals surface area contributed by atoms with Crippen LogP contribution in [0.15, 0.2) is 48.5 Å². The summed E-state index contributed by atoms with van der Waals surface area (Å²) in [6.07, 6.45) is 2.04. The highest BCUT2D eigenvalue weighted by Crippen LogP contribution is 2.13. The second kappa shape index (κ2) is 9.84. The summed E-state index contributed by atoms with van der Waals surface area (Å²) in [6.45, 7) is 2.58. The van der Waals surface area contributed by atoms with Gasteiger partial charge in [0.1, 0.15) is 5.75 Å². The fourth-order valence-corrected chi connectivity index (χ4v) is 2.17. The van der Waals surface area contributed by atoms with Crippen molar-refractivity contribution < 1.29 is 14.3 Å². The predicted octanol–water partition coefficient (Wildman–Crippen LogP) is 3.11. The van der Waals surface area contributed by atoms with Gasteiger partial charge in [0.2, 0.25) is 5.91 Å². The lowest BCUT2D eigenvalue weighted by Gasteiger charge is -2.08.